The maximum Gasteiger partial charge on any atom is 0.312 e. The SMILES string of the molecule is Cl.NC(=O)NCc1ccc(C(=O)N2CCNCC2c2ccccc2Cl)cc1. The van der Waals surface area contributed by atoms with Gasteiger partial charge in [0.25, 0.3) is 5.91 Å². The van der Waals surface area contributed by atoms with E-state index in [2.05, 4.69) is 10.6 Å². The summed E-state index contributed by atoms with van der Waals surface area (Å²) in [5.74, 6) is -0.0363. The highest BCUT2D eigenvalue weighted by atomic mass is 35.5. The van der Waals surface area contributed by atoms with Gasteiger partial charge in [0, 0.05) is 36.8 Å². The number of halogens is 2. The van der Waals surface area contributed by atoms with Gasteiger partial charge < -0.3 is 21.3 Å². The van der Waals surface area contributed by atoms with E-state index in [-0.39, 0.29) is 24.4 Å². The molecule has 3 rings (SSSR count). The van der Waals surface area contributed by atoms with Crippen LogP contribution in [0.4, 0.5) is 4.79 Å². The van der Waals surface area contributed by atoms with E-state index in [1.54, 1.807) is 12.1 Å². The predicted octanol–water partition coefficient (Wildman–Crippen LogP) is 2.72. The monoisotopic (exact) mass is 408 g/mol. The molecule has 0 aliphatic carbocycles. The van der Waals surface area contributed by atoms with Crippen LogP contribution in [0.2, 0.25) is 5.02 Å². The highest BCUT2D eigenvalue weighted by molar-refractivity contribution is 6.31. The van der Waals surface area contributed by atoms with E-state index in [9.17, 15) is 9.59 Å². The average Bonchev–Trinajstić information content (AvgIpc) is 2.67. The lowest BCUT2D eigenvalue weighted by Crippen LogP contribution is -2.48. The molecular formula is C19H22Cl2N4O2. The van der Waals surface area contributed by atoms with Crippen molar-refractivity contribution in [1.82, 2.24) is 15.5 Å². The van der Waals surface area contributed by atoms with Crippen molar-refractivity contribution in [2.75, 3.05) is 19.6 Å². The van der Waals surface area contributed by atoms with E-state index in [1.165, 1.54) is 0 Å². The molecule has 1 aliphatic rings. The number of piperazine rings is 1. The van der Waals surface area contributed by atoms with E-state index in [1.807, 2.05) is 41.3 Å². The maximum atomic E-state index is 13.0. The normalized spacial score (nSPS) is 16.3. The van der Waals surface area contributed by atoms with Gasteiger partial charge in [-0.3, -0.25) is 4.79 Å². The quantitative estimate of drug-likeness (QED) is 0.726. The largest absolute Gasteiger partial charge is 0.352 e. The van der Waals surface area contributed by atoms with Crippen molar-refractivity contribution in [3.8, 4) is 0 Å². The van der Waals surface area contributed by atoms with Crippen molar-refractivity contribution in [2.24, 2.45) is 5.73 Å². The Labute approximate surface area is 169 Å². The first-order valence-corrected chi connectivity index (χ1v) is 8.82. The Morgan fingerprint density at radius 2 is 1.89 bits per heavy atom. The van der Waals surface area contributed by atoms with Gasteiger partial charge in [-0.2, -0.15) is 0 Å². The molecule has 1 saturated heterocycles. The number of amides is 3. The van der Waals surface area contributed by atoms with Gasteiger partial charge in [0.15, 0.2) is 0 Å². The smallest absolute Gasteiger partial charge is 0.312 e. The zero-order chi connectivity index (χ0) is 18.5. The summed E-state index contributed by atoms with van der Waals surface area (Å²) in [6, 6.07) is 14.1. The molecule has 0 radical (unpaired) electrons. The van der Waals surface area contributed by atoms with E-state index in [4.69, 9.17) is 17.3 Å². The second kappa shape index (κ2) is 9.60. The van der Waals surface area contributed by atoms with Crippen molar-refractivity contribution in [2.45, 2.75) is 12.6 Å². The molecule has 1 fully saturated rings. The second-order valence-corrected chi connectivity index (χ2v) is 6.56. The summed E-state index contributed by atoms with van der Waals surface area (Å²) < 4.78 is 0. The lowest BCUT2D eigenvalue weighted by Gasteiger charge is -2.37. The summed E-state index contributed by atoms with van der Waals surface area (Å²) in [4.78, 5) is 25.7. The molecule has 2 aromatic rings. The summed E-state index contributed by atoms with van der Waals surface area (Å²) in [5.41, 5.74) is 7.49. The highest BCUT2D eigenvalue weighted by Crippen LogP contribution is 2.29. The Bertz CT molecular complexity index is 799. The molecule has 144 valence electrons. The molecule has 1 unspecified atom stereocenters. The minimum absolute atomic E-state index is 0. The van der Waals surface area contributed by atoms with Crippen LogP contribution in [0.3, 0.4) is 0 Å². The van der Waals surface area contributed by atoms with Crippen LogP contribution in [-0.4, -0.2) is 36.5 Å². The summed E-state index contributed by atoms with van der Waals surface area (Å²) in [7, 11) is 0. The molecule has 4 N–H and O–H groups in total. The molecular weight excluding hydrogens is 387 g/mol. The molecule has 1 heterocycles. The van der Waals surface area contributed by atoms with Crippen LogP contribution in [0.25, 0.3) is 0 Å². The van der Waals surface area contributed by atoms with E-state index in [0.717, 1.165) is 17.7 Å². The van der Waals surface area contributed by atoms with Gasteiger partial charge in [-0.05, 0) is 29.3 Å². The summed E-state index contributed by atoms with van der Waals surface area (Å²) in [5, 5.41) is 6.52. The van der Waals surface area contributed by atoms with Crippen LogP contribution in [0, 0.1) is 0 Å². The number of benzene rings is 2. The fraction of sp³-hybridized carbons (Fsp3) is 0.263. The van der Waals surface area contributed by atoms with Crippen LogP contribution >= 0.6 is 24.0 Å². The van der Waals surface area contributed by atoms with Crippen LogP contribution in [-0.2, 0) is 6.54 Å². The number of carbonyl (C=O) groups is 2. The summed E-state index contributed by atoms with van der Waals surface area (Å²) in [6.45, 7) is 2.35. The van der Waals surface area contributed by atoms with Gasteiger partial charge in [-0.25, -0.2) is 4.79 Å². The molecule has 2 aromatic carbocycles. The number of primary amides is 1. The van der Waals surface area contributed by atoms with Crippen LogP contribution in [0.5, 0.6) is 0 Å². The number of nitrogens with zero attached hydrogens (tertiary/aromatic N) is 1. The minimum Gasteiger partial charge on any atom is -0.352 e. The fourth-order valence-electron chi connectivity index (χ4n) is 3.09. The number of nitrogens with one attached hydrogen (secondary N) is 2. The number of nitrogens with two attached hydrogens (primary N) is 1. The Kier molecular flexibility index (Phi) is 7.47. The minimum atomic E-state index is -0.575. The number of hydrogen-bond acceptors (Lipinski definition) is 3. The van der Waals surface area contributed by atoms with Crippen molar-refractivity contribution < 1.29 is 9.59 Å². The van der Waals surface area contributed by atoms with Gasteiger partial charge in [-0.15, -0.1) is 12.4 Å². The third-order valence-corrected chi connectivity index (χ3v) is 4.78. The highest BCUT2D eigenvalue weighted by Gasteiger charge is 2.29. The van der Waals surface area contributed by atoms with Crippen molar-refractivity contribution in [3.63, 3.8) is 0 Å². The molecule has 0 bridgehead atoms. The lowest BCUT2D eigenvalue weighted by atomic mass is 10.0. The lowest BCUT2D eigenvalue weighted by molar-refractivity contribution is 0.0634. The van der Waals surface area contributed by atoms with Crippen molar-refractivity contribution in [3.05, 3.63) is 70.2 Å². The second-order valence-electron chi connectivity index (χ2n) is 6.15. The fourth-order valence-corrected chi connectivity index (χ4v) is 3.35. The Balaban J connectivity index is 0.00000261. The topological polar surface area (TPSA) is 87.5 Å². The summed E-state index contributed by atoms with van der Waals surface area (Å²) in [6.07, 6.45) is 0. The predicted molar refractivity (Wildman–Crippen MR) is 108 cm³/mol. The molecule has 0 saturated carbocycles. The Morgan fingerprint density at radius 1 is 1.19 bits per heavy atom. The van der Waals surface area contributed by atoms with E-state index < -0.39 is 6.03 Å². The van der Waals surface area contributed by atoms with Gasteiger partial charge in [-0.1, -0.05) is 41.9 Å². The molecule has 1 aliphatic heterocycles. The van der Waals surface area contributed by atoms with Crippen LogP contribution in [0.1, 0.15) is 27.5 Å². The average molecular weight is 409 g/mol. The molecule has 6 nitrogen and oxygen atoms in total. The maximum absolute atomic E-state index is 13.0. The van der Waals surface area contributed by atoms with Crippen LogP contribution < -0.4 is 16.4 Å². The molecule has 27 heavy (non-hydrogen) atoms. The first kappa shape index (κ1) is 21.0. The van der Waals surface area contributed by atoms with Gasteiger partial charge >= 0.3 is 6.03 Å². The molecule has 1 atom stereocenters. The number of carbonyl (C=O) groups excluding carboxylic acids is 2. The van der Waals surface area contributed by atoms with Crippen molar-refractivity contribution in [1.29, 1.82) is 0 Å². The Morgan fingerprint density at radius 3 is 2.56 bits per heavy atom. The molecule has 0 aromatic heterocycles. The summed E-state index contributed by atoms with van der Waals surface area (Å²) >= 11 is 6.34. The Hall–Kier alpha value is -2.28. The van der Waals surface area contributed by atoms with Gasteiger partial charge in [0.1, 0.15) is 0 Å². The van der Waals surface area contributed by atoms with Crippen LogP contribution in [0.15, 0.2) is 48.5 Å². The van der Waals surface area contributed by atoms with E-state index in [0.29, 0.717) is 30.2 Å². The zero-order valence-corrected chi connectivity index (χ0v) is 16.2. The molecule has 0 spiro atoms. The standard InChI is InChI=1S/C19H21ClN4O2.ClH/c20-16-4-2-1-3-15(16)17-12-22-9-10-24(17)18(25)14-7-5-13(6-8-14)11-23-19(21)26;/h1-8,17,22H,9-12H2,(H3,21,23,26);1H. The molecule has 3 amide bonds. The first-order valence-electron chi connectivity index (χ1n) is 8.44. The van der Waals surface area contributed by atoms with E-state index >= 15 is 0 Å². The third-order valence-electron chi connectivity index (χ3n) is 4.44. The zero-order valence-electron chi connectivity index (χ0n) is 14.7. The number of rotatable bonds is 4. The third kappa shape index (κ3) is 5.13. The van der Waals surface area contributed by atoms with Gasteiger partial charge in [0.05, 0.1) is 6.04 Å². The molecule has 8 heteroatoms. The first-order chi connectivity index (χ1) is 12.6. The van der Waals surface area contributed by atoms with Crippen molar-refractivity contribution >= 4 is 35.9 Å². The van der Waals surface area contributed by atoms with Gasteiger partial charge in [0.2, 0.25) is 0 Å². The number of urea groups is 1. The number of hydrogen-bond donors (Lipinski definition) is 3.